The average Bonchev–Trinajstić information content (AvgIpc) is 3.03. The van der Waals surface area contributed by atoms with Gasteiger partial charge in [-0.2, -0.15) is 0 Å². The van der Waals surface area contributed by atoms with Crippen LogP contribution in [0, 0.1) is 0 Å². The molecule has 0 saturated heterocycles. The Morgan fingerprint density at radius 3 is 1.89 bits per heavy atom. The first-order valence-corrected chi connectivity index (χ1v) is 18.9. The van der Waals surface area contributed by atoms with Gasteiger partial charge in [0.2, 0.25) is 0 Å². The van der Waals surface area contributed by atoms with Crippen molar-refractivity contribution in [3.05, 3.63) is 72.9 Å². The van der Waals surface area contributed by atoms with E-state index in [1.165, 1.54) is 32.1 Å². The van der Waals surface area contributed by atoms with E-state index in [2.05, 4.69) is 36.6 Å². The van der Waals surface area contributed by atoms with E-state index < -0.39 is 38.6 Å². The summed E-state index contributed by atoms with van der Waals surface area (Å²) in [6.07, 6.45) is 36.9. The van der Waals surface area contributed by atoms with Crippen molar-refractivity contribution in [2.75, 3.05) is 13.2 Å². The first-order chi connectivity index (χ1) is 22.7. The van der Waals surface area contributed by atoms with Gasteiger partial charge in [-0.05, 0) is 44.9 Å². The second kappa shape index (κ2) is 32.0. The Morgan fingerprint density at radius 1 is 0.681 bits per heavy atom. The quantitative estimate of drug-likeness (QED) is 0.0223. The lowest BCUT2D eigenvalue weighted by Gasteiger charge is -2.18. The van der Waals surface area contributed by atoms with E-state index in [1.807, 2.05) is 48.6 Å². The van der Waals surface area contributed by atoms with Gasteiger partial charge in [-0.3, -0.25) is 14.1 Å². The number of carbonyl (C=O) groups excluding carboxylic acids is 2. The van der Waals surface area contributed by atoms with Crippen molar-refractivity contribution in [1.29, 1.82) is 0 Å². The molecule has 0 aromatic heterocycles. The zero-order valence-corrected chi connectivity index (χ0v) is 29.7. The van der Waals surface area contributed by atoms with Crippen molar-refractivity contribution in [2.24, 2.45) is 0 Å². The van der Waals surface area contributed by atoms with Crippen LogP contribution in [0.25, 0.3) is 0 Å². The maximum absolute atomic E-state index is 12.3. The molecular weight excluding hydrogens is 619 g/mol. The summed E-state index contributed by atoms with van der Waals surface area (Å²) in [4.78, 5) is 42.4. The molecule has 10 heteroatoms. The van der Waals surface area contributed by atoms with E-state index in [-0.39, 0.29) is 19.4 Å². The number of hydrogen-bond donors (Lipinski definition) is 3. The number of aliphatic hydroxyl groups is 1. The minimum Gasteiger partial charge on any atom is -0.462 e. The maximum Gasteiger partial charge on any atom is 0.469 e. The number of hydrogen-bond acceptors (Lipinski definition) is 7. The minimum absolute atomic E-state index is 0.124. The second-order valence-corrected chi connectivity index (χ2v) is 12.6. The van der Waals surface area contributed by atoms with Crippen LogP contribution in [-0.4, -0.2) is 52.3 Å². The Morgan fingerprint density at radius 2 is 1.28 bits per heavy atom. The van der Waals surface area contributed by atoms with Gasteiger partial charge in [-0.25, -0.2) is 4.57 Å². The molecule has 0 saturated carbocycles. The molecular formula is C37H61O9P. The summed E-state index contributed by atoms with van der Waals surface area (Å²) in [5, 5.41) is 9.79. The molecule has 3 N–H and O–H groups in total. The average molecular weight is 681 g/mol. The summed E-state index contributed by atoms with van der Waals surface area (Å²) < 4.78 is 26.1. The highest BCUT2D eigenvalue weighted by Gasteiger charge is 2.22. The van der Waals surface area contributed by atoms with E-state index in [4.69, 9.17) is 19.3 Å². The van der Waals surface area contributed by atoms with Crippen molar-refractivity contribution in [3.63, 3.8) is 0 Å². The van der Waals surface area contributed by atoms with Crippen LogP contribution in [0.4, 0.5) is 0 Å². The summed E-state index contributed by atoms with van der Waals surface area (Å²) in [5.74, 6) is -1.01. The molecule has 0 amide bonds. The Hall–Kier alpha value is -2.55. The molecule has 0 heterocycles. The predicted molar refractivity (Wildman–Crippen MR) is 190 cm³/mol. The van der Waals surface area contributed by atoms with Crippen LogP contribution in [0.3, 0.4) is 0 Å². The fourth-order valence-electron chi connectivity index (χ4n) is 4.25. The lowest BCUT2D eigenvalue weighted by molar-refractivity contribution is -0.161. The monoisotopic (exact) mass is 680 g/mol. The van der Waals surface area contributed by atoms with Crippen LogP contribution in [-0.2, 0) is 28.2 Å². The third kappa shape index (κ3) is 34.6. The van der Waals surface area contributed by atoms with Crippen LogP contribution in [0.5, 0.6) is 0 Å². The second-order valence-electron chi connectivity index (χ2n) is 11.3. The molecule has 0 aliphatic carbocycles. The molecule has 0 rings (SSSR count). The highest BCUT2D eigenvalue weighted by atomic mass is 31.2. The normalized spacial score (nSPS) is 14.1. The van der Waals surface area contributed by atoms with Gasteiger partial charge in [0.15, 0.2) is 6.10 Å². The van der Waals surface area contributed by atoms with Crippen molar-refractivity contribution in [1.82, 2.24) is 0 Å². The molecule has 2 atom stereocenters. The molecule has 9 nitrogen and oxygen atoms in total. The van der Waals surface area contributed by atoms with Gasteiger partial charge in [-0.1, -0.05) is 138 Å². The largest absolute Gasteiger partial charge is 0.469 e. The highest BCUT2D eigenvalue weighted by Crippen LogP contribution is 2.35. The number of phosphoric ester groups is 1. The number of rotatable bonds is 30. The number of ether oxygens (including phenoxy) is 2. The zero-order chi connectivity index (χ0) is 34.9. The highest BCUT2D eigenvalue weighted by molar-refractivity contribution is 7.46. The summed E-state index contributed by atoms with van der Waals surface area (Å²) in [7, 11) is -4.77. The minimum atomic E-state index is -4.77. The predicted octanol–water partition coefficient (Wildman–Crippen LogP) is 8.92. The Labute approximate surface area is 283 Å². The summed E-state index contributed by atoms with van der Waals surface area (Å²) in [6, 6.07) is 0. The molecule has 0 fully saturated rings. The van der Waals surface area contributed by atoms with Crippen LogP contribution < -0.4 is 0 Å². The Bertz CT molecular complexity index is 1010. The lowest BCUT2D eigenvalue weighted by Crippen LogP contribution is -2.29. The molecule has 0 aromatic carbocycles. The van der Waals surface area contributed by atoms with Crippen LogP contribution >= 0.6 is 7.82 Å². The van der Waals surface area contributed by atoms with E-state index in [1.54, 1.807) is 6.08 Å². The molecule has 268 valence electrons. The fourth-order valence-corrected chi connectivity index (χ4v) is 4.61. The van der Waals surface area contributed by atoms with Gasteiger partial charge in [0.05, 0.1) is 12.7 Å². The van der Waals surface area contributed by atoms with Gasteiger partial charge < -0.3 is 24.4 Å². The van der Waals surface area contributed by atoms with Gasteiger partial charge in [0.25, 0.3) is 0 Å². The van der Waals surface area contributed by atoms with Crippen LogP contribution in [0.1, 0.15) is 123 Å². The molecule has 0 radical (unpaired) electrons. The van der Waals surface area contributed by atoms with Gasteiger partial charge >= 0.3 is 19.8 Å². The van der Waals surface area contributed by atoms with Gasteiger partial charge in [0, 0.05) is 12.8 Å². The Kier molecular flexibility index (Phi) is 30.3. The molecule has 1 unspecified atom stereocenters. The zero-order valence-electron chi connectivity index (χ0n) is 28.8. The number of aliphatic hydroxyl groups excluding tert-OH is 1. The maximum atomic E-state index is 12.3. The molecule has 0 aromatic rings. The van der Waals surface area contributed by atoms with Crippen molar-refractivity contribution in [2.45, 2.75) is 135 Å². The molecule has 0 aliphatic heterocycles. The van der Waals surface area contributed by atoms with E-state index in [9.17, 15) is 19.3 Å². The van der Waals surface area contributed by atoms with Crippen molar-refractivity contribution >= 4 is 19.8 Å². The SMILES string of the molecule is CC/C=C\CC(O)/C=C/C=C/C/C=C\C/C=C\C/C=C\CCC(=O)OC[C@H](COP(=O)(O)O)OC(=O)CCCCCCCCCCC. The van der Waals surface area contributed by atoms with Crippen LogP contribution in [0.2, 0.25) is 0 Å². The third-order valence-electron chi connectivity index (χ3n) is 6.83. The number of esters is 2. The molecule has 47 heavy (non-hydrogen) atoms. The summed E-state index contributed by atoms with van der Waals surface area (Å²) in [5.41, 5.74) is 0. The van der Waals surface area contributed by atoms with E-state index >= 15 is 0 Å². The van der Waals surface area contributed by atoms with Crippen molar-refractivity contribution in [3.8, 4) is 0 Å². The first-order valence-electron chi connectivity index (χ1n) is 17.3. The number of phosphoric acid groups is 1. The molecule has 0 bridgehead atoms. The third-order valence-corrected chi connectivity index (χ3v) is 7.32. The lowest BCUT2D eigenvalue weighted by atomic mass is 10.1. The Balaban J connectivity index is 4.18. The van der Waals surface area contributed by atoms with Crippen molar-refractivity contribution < 1.29 is 43.0 Å². The van der Waals surface area contributed by atoms with E-state index in [0.717, 1.165) is 44.9 Å². The number of carbonyl (C=O) groups is 2. The first kappa shape index (κ1) is 44.5. The molecule has 0 aliphatic rings. The van der Waals surface area contributed by atoms with Gasteiger partial charge in [-0.15, -0.1) is 0 Å². The smallest absolute Gasteiger partial charge is 0.462 e. The van der Waals surface area contributed by atoms with E-state index in [0.29, 0.717) is 19.3 Å². The number of allylic oxidation sites excluding steroid dienone is 10. The van der Waals surface area contributed by atoms with Crippen LogP contribution in [0.15, 0.2) is 72.9 Å². The number of unbranched alkanes of at least 4 members (excludes halogenated alkanes) is 8. The summed E-state index contributed by atoms with van der Waals surface area (Å²) in [6.45, 7) is 3.35. The topological polar surface area (TPSA) is 140 Å². The van der Waals surface area contributed by atoms with Gasteiger partial charge in [0.1, 0.15) is 6.61 Å². The summed E-state index contributed by atoms with van der Waals surface area (Å²) >= 11 is 0. The molecule has 0 spiro atoms. The standard InChI is InChI=1S/C37H61O9P/c1-3-5-7-8-9-15-20-23-27-31-37(40)46-35(33-45-47(41,42)43)32-44-36(39)30-26-22-19-17-14-12-10-11-13-16-18-21-25-29-34(38)28-24-6-4-2/h6,11-14,18-19,21-22,24-25,29,34-35,38H,3-5,7-10,15-17,20,23,26-28,30-33H2,1-2H3,(H2,41,42,43)/b13-11-,14-12-,21-18+,22-19-,24-6-,29-25+/t34?,35-/m1/s1. The fraction of sp³-hybridized carbons (Fsp3) is 0.622.